The number of nitrogens with zero attached hydrogens (tertiary/aromatic N) is 2. The maximum atomic E-state index is 8.75. The molecule has 0 saturated carbocycles. The van der Waals surface area contributed by atoms with Crippen molar-refractivity contribution in [2.75, 3.05) is 24.7 Å². The molecule has 102 valence electrons. The summed E-state index contributed by atoms with van der Waals surface area (Å²) in [7, 11) is 0. The molecule has 0 radical (unpaired) electrons. The first-order valence-electron chi connectivity index (χ1n) is 6.50. The third-order valence-electron chi connectivity index (χ3n) is 2.89. The van der Waals surface area contributed by atoms with Gasteiger partial charge in [0.15, 0.2) is 5.16 Å². The standard InChI is InChI=1S/C14H19N3OS/c1-19-14-16-12-8-4-3-7-11(12)13(17-14)15-9-5-2-6-10-18/h3-4,7-8,18H,2,5-6,9-10H2,1H3,(H,15,16,17). The fraction of sp³-hybridized carbons (Fsp3) is 0.429. The van der Waals surface area contributed by atoms with Gasteiger partial charge in [0.1, 0.15) is 5.82 Å². The lowest BCUT2D eigenvalue weighted by molar-refractivity contribution is 0.283. The number of thioether (sulfide) groups is 1. The Morgan fingerprint density at radius 2 is 2.00 bits per heavy atom. The number of benzene rings is 1. The van der Waals surface area contributed by atoms with E-state index in [0.717, 1.165) is 47.7 Å². The number of nitrogens with one attached hydrogen (secondary N) is 1. The fourth-order valence-electron chi connectivity index (χ4n) is 1.90. The van der Waals surface area contributed by atoms with Gasteiger partial charge < -0.3 is 10.4 Å². The highest BCUT2D eigenvalue weighted by Gasteiger charge is 2.06. The van der Waals surface area contributed by atoms with Gasteiger partial charge in [0.2, 0.25) is 0 Å². The second-order valence-electron chi connectivity index (χ2n) is 4.29. The van der Waals surface area contributed by atoms with Crippen molar-refractivity contribution >= 4 is 28.5 Å². The molecule has 0 aliphatic rings. The Kier molecular flexibility index (Phi) is 5.42. The molecule has 1 aromatic carbocycles. The second-order valence-corrected chi connectivity index (χ2v) is 5.06. The molecule has 2 rings (SSSR count). The van der Waals surface area contributed by atoms with Crippen LogP contribution in [-0.4, -0.2) is 34.5 Å². The van der Waals surface area contributed by atoms with Gasteiger partial charge in [0, 0.05) is 18.5 Å². The lowest BCUT2D eigenvalue weighted by Gasteiger charge is -2.09. The second kappa shape index (κ2) is 7.31. The molecule has 5 heteroatoms. The Hall–Kier alpha value is -1.33. The van der Waals surface area contributed by atoms with Gasteiger partial charge in [-0.3, -0.25) is 0 Å². The highest BCUT2D eigenvalue weighted by Crippen LogP contribution is 2.23. The number of fused-ring (bicyclic) bond motifs is 1. The van der Waals surface area contributed by atoms with Crippen LogP contribution in [0.25, 0.3) is 10.9 Å². The Morgan fingerprint density at radius 3 is 2.79 bits per heavy atom. The third-order valence-corrected chi connectivity index (χ3v) is 3.44. The Balaban J connectivity index is 2.11. The molecule has 0 aliphatic carbocycles. The topological polar surface area (TPSA) is 58.0 Å². The number of aliphatic hydroxyl groups excluding tert-OH is 1. The molecular formula is C14H19N3OS. The normalized spacial score (nSPS) is 10.8. The highest BCUT2D eigenvalue weighted by molar-refractivity contribution is 7.98. The summed E-state index contributed by atoms with van der Waals surface area (Å²) in [5.74, 6) is 0.902. The summed E-state index contributed by atoms with van der Waals surface area (Å²) in [5.41, 5.74) is 0.972. The molecular weight excluding hydrogens is 258 g/mol. The molecule has 0 amide bonds. The lowest BCUT2D eigenvalue weighted by Crippen LogP contribution is -2.05. The highest BCUT2D eigenvalue weighted by atomic mass is 32.2. The fourth-order valence-corrected chi connectivity index (χ4v) is 2.27. The number of para-hydroxylation sites is 1. The van der Waals surface area contributed by atoms with Crippen LogP contribution < -0.4 is 5.32 Å². The summed E-state index contributed by atoms with van der Waals surface area (Å²) in [6.07, 6.45) is 4.91. The Morgan fingerprint density at radius 1 is 1.16 bits per heavy atom. The van der Waals surface area contributed by atoms with Crippen LogP contribution in [0.2, 0.25) is 0 Å². The minimum absolute atomic E-state index is 0.271. The van der Waals surface area contributed by atoms with Crippen LogP contribution in [0.15, 0.2) is 29.4 Å². The molecule has 0 spiro atoms. The number of unbranched alkanes of at least 4 members (excludes halogenated alkanes) is 2. The maximum Gasteiger partial charge on any atom is 0.189 e. The van der Waals surface area contributed by atoms with Crippen LogP contribution in [-0.2, 0) is 0 Å². The van der Waals surface area contributed by atoms with Crippen molar-refractivity contribution in [1.82, 2.24) is 9.97 Å². The lowest BCUT2D eigenvalue weighted by atomic mass is 10.2. The largest absolute Gasteiger partial charge is 0.396 e. The quantitative estimate of drug-likeness (QED) is 0.463. The van der Waals surface area contributed by atoms with Crippen LogP contribution in [0.3, 0.4) is 0 Å². The van der Waals surface area contributed by atoms with Gasteiger partial charge in [0.25, 0.3) is 0 Å². The number of aromatic nitrogens is 2. The van der Waals surface area contributed by atoms with Crippen molar-refractivity contribution in [3.63, 3.8) is 0 Å². The van der Waals surface area contributed by atoms with Crippen molar-refractivity contribution in [3.05, 3.63) is 24.3 Å². The van der Waals surface area contributed by atoms with Crippen molar-refractivity contribution in [3.8, 4) is 0 Å². The maximum absolute atomic E-state index is 8.75. The number of rotatable bonds is 7. The number of hydrogen-bond donors (Lipinski definition) is 2. The zero-order valence-corrected chi connectivity index (χ0v) is 11.9. The van der Waals surface area contributed by atoms with Crippen molar-refractivity contribution < 1.29 is 5.11 Å². The van der Waals surface area contributed by atoms with E-state index in [2.05, 4.69) is 15.3 Å². The van der Waals surface area contributed by atoms with Gasteiger partial charge in [-0.05, 0) is 37.7 Å². The van der Waals surface area contributed by atoms with Gasteiger partial charge in [0.05, 0.1) is 5.52 Å². The molecule has 1 aromatic heterocycles. The van der Waals surface area contributed by atoms with Crippen molar-refractivity contribution in [2.45, 2.75) is 24.4 Å². The van der Waals surface area contributed by atoms with E-state index in [1.807, 2.05) is 30.5 Å². The van der Waals surface area contributed by atoms with Crippen LogP contribution in [0.5, 0.6) is 0 Å². The molecule has 4 nitrogen and oxygen atoms in total. The summed E-state index contributed by atoms with van der Waals surface area (Å²) in [5, 5.41) is 14.0. The molecule has 2 N–H and O–H groups in total. The molecule has 0 saturated heterocycles. The molecule has 0 fully saturated rings. The molecule has 0 bridgehead atoms. The van der Waals surface area contributed by atoms with Gasteiger partial charge in [-0.1, -0.05) is 23.9 Å². The Bertz CT molecular complexity index is 533. The van der Waals surface area contributed by atoms with E-state index in [-0.39, 0.29) is 6.61 Å². The molecule has 0 atom stereocenters. The van der Waals surface area contributed by atoms with E-state index in [4.69, 9.17) is 5.11 Å². The predicted molar refractivity (Wildman–Crippen MR) is 80.7 cm³/mol. The number of hydrogen-bond acceptors (Lipinski definition) is 5. The Labute approximate surface area is 117 Å². The first-order valence-corrected chi connectivity index (χ1v) is 7.73. The van der Waals surface area contributed by atoms with E-state index in [1.54, 1.807) is 11.8 Å². The van der Waals surface area contributed by atoms with Crippen molar-refractivity contribution in [1.29, 1.82) is 0 Å². The molecule has 2 aromatic rings. The van der Waals surface area contributed by atoms with E-state index in [1.165, 1.54) is 0 Å². The van der Waals surface area contributed by atoms with Gasteiger partial charge in [-0.2, -0.15) is 0 Å². The van der Waals surface area contributed by atoms with Crippen LogP contribution in [0.4, 0.5) is 5.82 Å². The predicted octanol–water partition coefficient (Wildman–Crippen LogP) is 2.93. The molecule has 0 unspecified atom stereocenters. The smallest absolute Gasteiger partial charge is 0.189 e. The van der Waals surface area contributed by atoms with Crippen LogP contribution in [0, 0.1) is 0 Å². The summed E-state index contributed by atoms with van der Waals surface area (Å²) in [4.78, 5) is 9.02. The van der Waals surface area contributed by atoms with Gasteiger partial charge >= 0.3 is 0 Å². The monoisotopic (exact) mass is 277 g/mol. The average Bonchev–Trinajstić information content (AvgIpc) is 2.46. The summed E-state index contributed by atoms with van der Waals surface area (Å²) >= 11 is 1.55. The zero-order chi connectivity index (χ0) is 13.5. The van der Waals surface area contributed by atoms with Crippen LogP contribution in [0.1, 0.15) is 19.3 Å². The number of aliphatic hydroxyl groups is 1. The number of anilines is 1. The minimum Gasteiger partial charge on any atom is -0.396 e. The average molecular weight is 277 g/mol. The first-order chi connectivity index (χ1) is 9.35. The van der Waals surface area contributed by atoms with E-state index >= 15 is 0 Å². The summed E-state index contributed by atoms with van der Waals surface area (Å²) < 4.78 is 0. The van der Waals surface area contributed by atoms with Crippen LogP contribution >= 0.6 is 11.8 Å². The third kappa shape index (κ3) is 3.81. The van der Waals surface area contributed by atoms with Crippen molar-refractivity contribution in [2.24, 2.45) is 0 Å². The molecule has 1 heterocycles. The minimum atomic E-state index is 0.271. The van der Waals surface area contributed by atoms with Gasteiger partial charge in [-0.15, -0.1) is 0 Å². The van der Waals surface area contributed by atoms with Gasteiger partial charge in [-0.25, -0.2) is 9.97 Å². The molecule has 19 heavy (non-hydrogen) atoms. The first kappa shape index (κ1) is 14.1. The summed E-state index contributed by atoms with van der Waals surface area (Å²) in [6, 6.07) is 8.04. The van der Waals surface area contributed by atoms with E-state index in [9.17, 15) is 0 Å². The SMILES string of the molecule is CSc1nc(NCCCCCO)c2ccccc2n1. The van der Waals surface area contributed by atoms with E-state index < -0.39 is 0 Å². The molecule has 0 aliphatic heterocycles. The summed E-state index contributed by atoms with van der Waals surface area (Å²) in [6.45, 7) is 1.14. The van der Waals surface area contributed by atoms with E-state index in [0.29, 0.717) is 0 Å². The zero-order valence-electron chi connectivity index (χ0n) is 11.1.